The van der Waals surface area contributed by atoms with Crippen LogP contribution in [0.4, 0.5) is 0 Å². The zero-order chi connectivity index (χ0) is 34.2. The Hall–Kier alpha value is -0.420. The van der Waals surface area contributed by atoms with Crippen LogP contribution in [-0.4, -0.2) is 172 Å². The number of hydrogen-bond acceptors (Lipinski definition) is 10. The lowest BCUT2D eigenvalue weighted by atomic mass is 10.1. The van der Waals surface area contributed by atoms with Gasteiger partial charge in [0.15, 0.2) is 0 Å². The highest BCUT2D eigenvalue weighted by atomic mass is 31.2. The number of benzene rings is 1. The van der Waals surface area contributed by atoms with Crippen LogP contribution in [0.2, 0.25) is 0 Å². The molecule has 22 heteroatoms. The molecule has 46 heavy (non-hydrogen) atoms. The molecule has 18 nitrogen and oxygen atoms in total. The van der Waals surface area contributed by atoms with Gasteiger partial charge in [-0.15, -0.1) is 0 Å². The summed E-state index contributed by atoms with van der Waals surface area (Å²) in [5, 5.41) is 0. The van der Waals surface area contributed by atoms with Crippen LogP contribution in [0.3, 0.4) is 0 Å². The molecule has 0 radical (unpaired) electrons. The molecule has 0 bridgehead atoms. The minimum Gasteiger partial charge on any atom is -0.324 e. The molecule has 0 spiro atoms. The highest BCUT2D eigenvalue weighted by Gasteiger charge is 2.27. The Morgan fingerprint density at radius 3 is 0.717 bits per heavy atom. The summed E-state index contributed by atoms with van der Waals surface area (Å²) in [5.41, 5.74) is 1.94. The van der Waals surface area contributed by atoms with Gasteiger partial charge in [0.05, 0.1) is 0 Å². The minimum atomic E-state index is -4.33. The first-order chi connectivity index (χ1) is 21.2. The van der Waals surface area contributed by atoms with Crippen molar-refractivity contribution in [3.05, 3.63) is 35.4 Å². The van der Waals surface area contributed by atoms with E-state index in [1.165, 1.54) is 0 Å². The Labute approximate surface area is 269 Å². The SMILES string of the molecule is O=P(O)(O)CN1CCN(Cc2ccc(CN3CCN(CP(=O)(O)O)CCN(CP(=O)(O)O)CC3)cc2)CCN(CP(=O)(O)O)CC1. The Balaban J connectivity index is 1.66. The van der Waals surface area contributed by atoms with Gasteiger partial charge in [0.1, 0.15) is 25.1 Å². The Morgan fingerprint density at radius 1 is 0.370 bits per heavy atom. The first-order valence-electron chi connectivity index (χ1n) is 14.8. The van der Waals surface area contributed by atoms with E-state index in [9.17, 15) is 57.4 Å². The van der Waals surface area contributed by atoms with Crippen LogP contribution in [-0.2, 0) is 31.3 Å². The third-order valence-electron chi connectivity index (χ3n) is 7.77. The van der Waals surface area contributed by atoms with Gasteiger partial charge < -0.3 is 39.1 Å². The van der Waals surface area contributed by atoms with Crippen molar-refractivity contribution in [1.82, 2.24) is 29.4 Å². The molecule has 1 aromatic carbocycles. The molecule has 266 valence electrons. The van der Waals surface area contributed by atoms with Crippen LogP contribution < -0.4 is 0 Å². The van der Waals surface area contributed by atoms with E-state index in [2.05, 4.69) is 9.80 Å². The predicted molar refractivity (Wildman–Crippen MR) is 171 cm³/mol. The monoisotopic (exact) mass is 736 g/mol. The van der Waals surface area contributed by atoms with Crippen LogP contribution >= 0.6 is 30.4 Å². The van der Waals surface area contributed by atoms with Crippen molar-refractivity contribution in [3.8, 4) is 0 Å². The Kier molecular flexibility index (Phi) is 15.2. The second-order valence-corrected chi connectivity index (χ2v) is 18.5. The summed E-state index contributed by atoms with van der Waals surface area (Å²) in [6.45, 7) is 5.54. The third kappa shape index (κ3) is 17.3. The fraction of sp³-hybridized carbons (Fsp3) is 0.750. The smallest absolute Gasteiger partial charge is 0.324 e. The number of nitrogens with zero attached hydrogens (tertiary/aromatic N) is 6. The summed E-state index contributed by atoms with van der Waals surface area (Å²) in [6, 6.07) is 7.83. The van der Waals surface area contributed by atoms with E-state index < -0.39 is 55.5 Å². The van der Waals surface area contributed by atoms with Crippen LogP contribution in [0.5, 0.6) is 0 Å². The molecular formula is C24H48N6O12P4. The third-order valence-corrected chi connectivity index (χ3v) is 10.8. The lowest BCUT2D eigenvalue weighted by Gasteiger charge is -2.27. The Morgan fingerprint density at radius 2 is 0.543 bits per heavy atom. The van der Waals surface area contributed by atoms with Crippen LogP contribution in [0, 0.1) is 0 Å². The lowest BCUT2D eigenvalue weighted by molar-refractivity contribution is 0.215. The molecule has 3 rings (SSSR count). The Bertz CT molecular complexity index is 1120. The van der Waals surface area contributed by atoms with Crippen LogP contribution in [0.1, 0.15) is 11.1 Å². The van der Waals surface area contributed by atoms with E-state index in [4.69, 9.17) is 0 Å². The van der Waals surface area contributed by atoms with Crippen molar-refractivity contribution in [2.75, 3.05) is 104 Å². The van der Waals surface area contributed by atoms with Gasteiger partial charge in [0.25, 0.3) is 0 Å². The average molecular weight is 737 g/mol. The normalized spacial score (nSPS) is 21.2. The molecule has 2 aliphatic rings. The molecular weight excluding hydrogens is 688 g/mol. The zero-order valence-corrected chi connectivity index (χ0v) is 29.3. The summed E-state index contributed by atoms with van der Waals surface area (Å²) in [7, 11) is -17.3. The van der Waals surface area contributed by atoms with Gasteiger partial charge in [0.2, 0.25) is 0 Å². The fourth-order valence-electron chi connectivity index (χ4n) is 5.56. The van der Waals surface area contributed by atoms with Gasteiger partial charge in [0, 0.05) is 91.6 Å². The summed E-state index contributed by atoms with van der Waals surface area (Å²) < 4.78 is 46.7. The van der Waals surface area contributed by atoms with Crippen LogP contribution in [0.15, 0.2) is 24.3 Å². The standard InChI is InChI=1S/C24H48N6O12P4/c31-43(32,33)19-27-9-5-25(6-10-28(14-13-27)20-44(34,35)36)17-23-1-2-24(4-3-23)18-26-7-11-29(21-45(37,38)39)15-16-30(12-8-26)22-46(40,41)42/h1-4H,5-22H2,(H2,31,32,33)(H2,34,35,36)(H2,37,38,39)(H2,40,41,42). The predicted octanol–water partition coefficient (Wildman–Crippen LogP) is -0.933. The van der Waals surface area contributed by atoms with Crippen molar-refractivity contribution in [2.24, 2.45) is 0 Å². The summed E-state index contributed by atoms with van der Waals surface area (Å²) >= 11 is 0. The lowest BCUT2D eigenvalue weighted by Crippen LogP contribution is -2.36. The molecule has 2 aliphatic heterocycles. The summed E-state index contributed by atoms with van der Waals surface area (Å²) in [4.78, 5) is 86.6. The van der Waals surface area contributed by atoms with Crippen molar-refractivity contribution in [1.29, 1.82) is 0 Å². The summed E-state index contributed by atoms with van der Waals surface area (Å²) in [6.07, 6.45) is -1.76. The molecule has 2 heterocycles. The van der Waals surface area contributed by atoms with Crippen LogP contribution in [0.25, 0.3) is 0 Å². The van der Waals surface area contributed by atoms with E-state index in [0.717, 1.165) is 11.1 Å². The first-order valence-corrected chi connectivity index (χ1v) is 22.0. The van der Waals surface area contributed by atoms with Gasteiger partial charge in [-0.2, -0.15) is 0 Å². The highest BCUT2D eigenvalue weighted by molar-refractivity contribution is 7.52. The van der Waals surface area contributed by atoms with Gasteiger partial charge in [-0.1, -0.05) is 24.3 Å². The molecule has 0 unspecified atom stereocenters. The molecule has 8 N–H and O–H groups in total. The maximum atomic E-state index is 11.7. The second-order valence-electron chi connectivity index (χ2n) is 12.1. The molecule has 0 aliphatic carbocycles. The van der Waals surface area contributed by atoms with E-state index in [1.807, 2.05) is 24.3 Å². The van der Waals surface area contributed by atoms with Crippen molar-refractivity contribution in [2.45, 2.75) is 13.1 Å². The largest absolute Gasteiger partial charge is 0.339 e. The zero-order valence-electron chi connectivity index (χ0n) is 25.7. The summed E-state index contributed by atoms with van der Waals surface area (Å²) in [5.74, 6) is 0. The number of hydrogen-bond donors (Lipinski definition) is 8. The molecule has 2 saturated heterocycles. The first kappa shape index (κ1) is 40.0. The molecule has 2 fully saturated rings. The average Bonchev–Trinajstić information content (AvgIpc) is 3.03. The van der Waals surface area contributed by atoms with Gasteiger partial charge in [-0.05, 0) is 11.1 Å². The van der Waals surface area contributed by atoms with E-state index >= 15 is 0 Å². The van der Waals surface area contributed by atoms with Gasteiger partial charge in [-0.25, -0.2) is 0 Å². The maximum Gasteiger partial charge on any atom is 0.339 e. The maximum absolute atomic E-state index is 11.7. The van der Waals surface area contributed by atoms with E-state index in [-0.39, 0.29) is 26.2 Å². The molecule has 0 amide bonds. The van der Waals surface area contributed by atoms with Crippen molar-refractivity contribution < 1.29 is 57.4 Å². The second kappa shape index (κ2) is 17.5. The fourth-order valence-corrected chi connectivity index (χ4v) is 8.77. The molecule has 1 aromatic rings. The van der Waals surface area contributed by atoms with E-state index in [0.29, 0.717) is 65.4 Å². The van der Waals surface area contributed by atoms with Gasteiger partial charge >= 0.3 is 30.4 Å². The van der Waals surface area contributed by atoms with Crippen molar-refractivity contribution >= 4 is 30.4 Å². The van der Waals surface area contributed by atoms with E-state index in [1.54, 1.807) is 19.6 Å². The molecule has 0 saturated carbocycles. The number of rotatable bonds is 12. The molecule has 0 aromatic heterocycles. The topological polar surface area (TPSA) is 250 Å². The highest BCUT2D eigenvalue weighted by Crippen LogP contribution is 2.38. The van der Waals surface area contributed by atoms with Crippen molar-refractivity contribution in [3.63, 3.8) is 0 Å². The molecule has 0 atom stereocenters. The minimum absolute atomic E-state index is 0.262. The quantitative estimate of drug-likeness (QED) is 0.121. The van der Waals surface area contributed by atoms with Gasteiger partial charge in [-0.3, -0.25) is 47.7 Å².